The molecule has 1 unspecified atom stereocenters. The Hall–Kier alpha value is -0.520. The fourth-order valence-corrected chi connectivity index (χ4v) is 1.16. The fourth-order valence-electron chi connectivity index (χ4n) is 1.16. The molecule has 82 valence electrons. The highest BCUT2D eigenvalue weighted by Gasteiger charge is 1.99. The summed E-state index contributed by atoms with van der Waals surface area (Å²) in [5.74, 6) is 5.79. The van der Waals surface area contributed by atoms with Crippen LogP contribution in [-0.4, -0.2) is 19.3 Å². The van der Waals surface area contributed by atoms with Crippen LogP contribution in [0.4, 0.5) is 0 Å². The summed E-state index contributed by atoms with van der Waals surface area (Å²) in [6, 6.07) is 0.0774. The first kappa shape index (κ1) is 13.5. The summed E-state index contributed by atoms with van der Waals surface area (Å²) in [5, 5.41) is 0. The zero-order chi connectivity index (χ0) is 10.6. The van der Waals surface area contributed by atoms with Crippen LogP contribution in [0.1, 0.15) is 46.0 Å². The second-order valence-corrected chi connectivity index (χ2v) is 3.53. The normalized spacial score (nSPS) is 11.9. The van der Waals surface area contributed by atoms with E-state index in [-0.39, 0.29) is 6.04 Å². The summed E-state index contributed by atoms with van der Waals surface area (Å²) in [6.07, 6.45) is 5.73. The fraction of sp³-hybridized carbons (Fsp3) is 0.833. The van der Waals surface area contributed by atoms with E-state index in [0.717, 1.165) is 19.4 Å². The Morgan fingerprint density at radius 3 is 2.71 bits per heavy atom. The van der Waals surface area contributed by atoms with Gasteiger partial charge in [0.15, 0.2) is 0 Å². The Bertz CT molecular complexity index is 169. The lowest BCUT2D eigenvalue weighted by molar-refractivity contribution is 0.118. The van der Waals surface area contributed by atoms with Gasteiger partial charge in [-0.05, 0) is 13.3 Å². The molecule has 0 radical (unpaired) electrons. The molecule has 0 bridgehead atoms. The highest BCUT2D eigenvalue weighted by atomic mass is 16.5. The maximum absolute atomic E-state index is 5.77. The number of hydrogen-bond donors (Lipinski definition) is 1. The Balaban J connectivity index is 3.13. The largest absolute Gasteiger partial charge is 0.380 e. The van der Waals surface area contributed by atoms with Crippen molar-refractivity contribution in [3.63, 3.8) is 0 Å². The molecule has 0 spiro atoms. The van der Waals surface area contributed by atoms with Gasteiger partial charge in [-0.25, -0.2) is 0 Å². The zero-order valence-electron chi connectivity index (χ0n) is 9.51. The Labute approximate surface area is 88.2 Å². The van der Waals surface area contributed by atoms with Gasteiger partial charge >= 0.3 is 0 Å². The lowest BCUT2D eigenvalue weighted by atomic mass is 10.2. The van der Waals surface area contributed by atoms with Crippen molar-refractivity contribution in [2.75, 3.05) is 13.2 Å². The maximum Gasteiger partial charge on any atom is 0.0626 e. The molecule has 0 amide bonds. The average molecular weight is 197 g/mol. The summed E-state index contributed by atoms with van der Waals surface area (Å²) in [6.45, 7) is 5.52. The quantitative estimate of drug-likeness (QED) is 0.479. The van der Waals surface area contributed by atoms with Gasteiger partial charge in [-0.2, -0.15) is 0 Å². The van der Waals surface area contributed by atoms with Crippen molar-refractivity contribution in [3.8, 4) is 11.8 Å². The minimum Gasteiger partial charge on any atom is -0.380 e. The zero-order valence-corrected chi connectivity index (χ0v) is 9.51. The highest BCUT2D eigenvalue weighted by Crippen LogP contribution is 1.99. The van der Waals surface area contributed by atoms with Gasteiger partial charge in [-0.1, -0.05) is 26.2 Å². The van der Waals surface area contributed by atoms with Gasteiger partial charge in [-0.3, -0.25) is 0 Å². The number of ether oxygens (including phenoxy) is 1. The monoisotopic (exact) mass is 197 g/mol. The highest BCUT2D eigenvalue weighted by molar-refractivity contribution is 4.97. The third-order valence-corrected chi connectivity index (χ3v) is 2.02. The molecule has 0 aromatic rings. The number of hydrogen-bond acceptors (Lipinski definition) is 2. The predicted molar refractivity (Wildman–Crippen MR) is 61.0 cm³/mol. The molecule has 2 N–H and O–H groups in total. The Morgan fingerprint density at radius 1 is 1.29 bits per heavy atom. The summed E-state index contributed by atoms with van der Waals surface area (Å²) in [4.78, 5) is 0. The first-order valence-electron chi connectivity index (χ1n) is 5.54. The summed E-state index contributed by atoms with van der Waals surface area (Å²) >= 11 is 0. The van der Waals surface area contributed by atoms with Gasteiger partial charge in [0.05, 0.1) is 6.61 Å². The van der Waals surface area contributed by atoms with Crippen LogP contribution in [0.3, 0.4) is 0 Å². The molecule has 0 aliphatic heterocycles. The molecule has 1 atom stereocenters. The minimum absolute atomic E-state index is 0.0774. The summed E-state index contributed by atoms with van der Waals surface area (Å²) in [5.41, 5.74) is 5.77. The molecule has 0 aromatic heterocycles. The van der Waals surface area contributed by atoms with Crippen LogP contribution in [0.2, 0.25) is 0 Å². The van der Waals surface area contributed by atoms with Crippen LogP contribution in [0.15, 0.2) is 0 Å². The average Bonchev–Trinajstić information content (AvgIpc) is 2.20. The van der Waals surface area contributed by atoms with Crippen molar-refractivity contribution < 1.29 is 4.74 Å². The molecular formula is C12H23NO. The first-order valence-corrected chi connectivity index (χ1v) is 5.54. The van der Waals surface area contributed by atoms with Crippen molar-refractivity contribution in [2.24, 2.45) is 5.73 Å². The van der Waals surface area contributed by atoms with E-state index < -0.39 is 0 Å². The molecular weight excluding hydrogens is 174 g/mol. The van der Waals surface area contributed by atoms with E-state index in [2.05, 4.69) is 18.8 Å². The van der Waals surface area contributed by atoms with E-state index in [1.54, 1.807) is 0 Å². The Kier molecular flexibility index (Phi) is 10.2. The van der Waals surface area contributed by atoms with Crippen LogP contribution in [0.5, 0.6) is 0 Å². The maximum atomic E-state index is 5.77. The van der Waals surface area contributed by atoms with Crippen molar-refractivity contribution in [1.29, 1.82) is 0 Å². The van der Waals surface area contributed by atoms with Gasteiger partial charge in [-0.15, -0.1) is 11.8 Å². The molecule has 0 aliphatic rings. The van der Waals surface area contributed by atoms with E-state index in [1.807, 2.05) is 6.92 Å². The summed E-state index contributed by atoms with van der Waals surface area (Å²) < 4.78 is 5.45. The van der Waals surface area contributed by atoms with Crippen LogP contribution >= 0.6 is 0 Å². The van der Waals surface area contributed by atoms with Crippen LogP contribution in [0, 0.1) is 11.8 Å². The van der Waals surface area contributed by atoms with Crippen molar-refractivity contribution >= 4 is 0 Å². The topological polar surface area (TPSA) is 35.2 Å². The lowest BCUT2D eigenvalue weighted by Gasteiger charge is -2.08. The summed E-state index contributed by atoms with van der Waals surface area (Å²) in [7, 11) is 0. The van der Waals surface area contributed by atoms with E-state index in [9.17, 15) is 0 Å². The standard InChI is InChI=1S/C12H23NO/c1-3-5-7-8-10-14-11-12(13)9-6-4-2/h12H,3,5,7-11,13H2,1-2H3. The van der Waals surface area contributed by atoms with Gasteiger partial charge in [0.2, 0.25) is 0 Å². The third kappa shape index (κ3) is 9.57. The van der Waals surface area contributed by atoms with Gasteiger partial charge in [0, 0.05) is 19.1 Å². The molecule has 2 nitrogen and oxygen atoms in total. The van der Waals surface area contributed by atoms with Crippen molar-refractivity contribution in [3.05, 3.63) is 0 Å². The lowest BCUT2D eigenvalue weighted by Crippen LogP contribution is -2.25. The van der Waals surface area contributed by atoms with Gasteiger partial charge < -0.3 is 10.5 Å². The number of rotatable bonds is 8. The Morgan fingerprint density at radius 2 is 2.07 bits per heavy atom. The molecule has 0 fully saturated rings. The third-order valence-electron chi connectivity index (χ3n) is 2.02. The van der Waals surface area contributed by atoms with Gasteiger partial charge in [0.1, 0.15) is 0 Å². The molecule has 0 saturated carbocycles. The molecule has 0 heterocycles. The van der Waals surface area contributed by atoms with Gasteiger partial charge in [0.25, 0.3) is 0 Å². The minimum atomic E-state index is 0.0774. The van der Waals surface area contributed by atoms with Crippen LogP contribution in [0.25, 0.3) is 0 Å². The second kappa shape index (κ2) is 10.6. The van der Waals surface area contributed by atoms with E-state index in [1.165, 1.54) is 19.3 Å². The molecule has 0 rings (SSSR count). The van der Waals surface area contributed by atoms with E-state index in [0.29, 0.717) is 6.61 Å². The molecule has 2 heteroatoms. The smallest absolute Gasteiger partial charge is 0.0626 e. The predicted octanol–water partition coefficient (Wildman–Crippen LogP) is 2.32. The van der Waals surface area contributed by atoms with E-state index >= 15 is 0 Å². The van der Waals surface area contributed by atoms with Crippen molar-refractivity contribution in [1.82, 2.24) is 0 Å². The van der Waals surface area contributed by atoms with E-state index in [4.69, 9.17) is 10.5 Å². The first-order chi connectivity index (χ1) is 6.81. The van der Waals surface area contributed by atoms with Crippen LogP contribution < -0.4 is 5.73 Å². The SMILES string of the molecule is CC#CCC(N)COCCCCCC. The number of unbranched alkanes of at least 4 members (excludes halogenated alkanes) is 3. The second-order valence-electron chi connectivity index (χ2n) is 3.53. The van der Waals surface area contributed by atoms with Crippen LogP contribution in [-0.2, 0) is 4.74 Å². The molecule has 0 aromatic carbocycles. The van der Waals surface area contributed by atoms with Crippen molar-refractivity contribution in [2.45, 2.75) is 52.0 Å². The number of nitrogens with two attached hydrogens (primary N) is 1. The molecule has 0 aliphatic carbocycles. The molecule has 14 heavy (non-hydrogen) atoms. The molecule has 0 saturated heterocycles.